The van der Waals surface area contributed by atoms with Crippen molar-refractivity contribution in [3.8, 4) is 22.5 Å². The molecule has 1 atom stereocenters. The van der Waals surface area contributed by atoms with Crippen LogP contribution in [0.4, 0.5) is 0 Å². The Morgan fingerprint density at radius 1 is 1.22 bits per heavy atom. The second kappa shape index (κ2) is 8.14. The number of aliphatic hydroxyl groups excluding tert-OH is 1. The van der Waals surface area contributed by atoms with Crippen molar-refractivity contribution in [3.05, 3.63) is 59.9 Å². The number of aliphatic hydroxyl groups is 1. The normalized spacial score (nSPS) is 12.0. The van der Waals surface area contributed by atoms with Crippen molar-refractivity contribution >= 4 is 5.91 Å². The number of carbonyl (C=O) groups is 1. The Morgan fingerprint density at radius 2 is 2.00 bits per heavy atom. The molecule has 3 aromatic rings. The van der Waals surface area contributed by atoms with E-state index in [0.717, 1.165) is 34.6 Å². The van der Waals surface area contributed by atoms with Crippen LogP contribution in [-0.4, -0.2) is 38.4 Å². The number of benzene rings is 1. The Kier molecular flexibility index (Phi) is 5.66. The van der Waals surface area contributed by atoms with Gasteiger partial charge in [0.2, 0.25) is 0 Å². The van der Waals surface area contributed by atoms with Crippen LogP contribution in [0.15, 0.2) is 48.8 Å². The number of rotatable bonds is 6. The van der Waals surface area contributed by atoms with Crippen molar-refractivity contribution < 1.29 is 9.90 Å². The summed E-state index contributed by atoms with van der Waals surface area (Å²) in [4.78, 5) is 17.2. The summed E-state index contributed by atoms with van der Waals surface area (Å²) in [7, 11) is 0. The average Bonchev–Trinajstić information content (AvgIpc) is 3.17. The maximum atomic E-state index is 12.7. The molecule has 1 amide bonds. The van der Waals surface area contributed by atoms with Gasteiger partial charge < -0.3 is 10.4 Å². The van der Waals surface area contributed by atoms with Gasteiger partial charge in [-0.2, -0.15) is 5.10 Å². The lowest BCUT2D eigenvalue weighted by atomic mass is 10.00. The van der Waals surface area contributed by atoms with Gasteiger partial charge >= 0.3 is 0 Å². The molecule has 0 aliphatic rings. The standard InChI is InChI=1S/C21H24N4O2/c1-4-25-20(7-8-23-25)17-9-16(19-6-5-14(2)12-22-19)10-18(11-17)21(27)24-15(3)13-26/h5-12,15,26H,4,13H2,1-3H3,(H,24,27)/t15-/m0/s1. The predicted octanol–water partition coefficient (Wildman–Crippen LogP) is 3.05. The van der Waals surface area contributed by atoms with Gasteiger partial charge in [-0.3, -0.25) is 14.5 Å². The van der Waals surface area contributed by atoms with E-state index >= 15 is 0 Å². The summed E-state index contributed by atoms with van der Waals surface area (Å²) >= 11 is 0. The Morgan fingerprint density at radius 3 is 2.67 bits per heavy atom. The molecular weight excluding hydrogens is 340 g/mol. The molecule has 6 heteroatoms. The molecule has 0 bridgehead atoms. The fraction of sp³-hybridized carbons (Fsp3) is 0.286. The van der Waals surface area contributed by atoms with Crippen molar-refractivity contribution in [2.45, 2.75) is 33.4 Å². The van der Waals surface area contributed by atoms with E-state index in [2.05, 4.69) is 15.4 Å². The van der Waals surface area contributed by atoms with Gasteiger partial charge in [0, 0.05) is 41.7 Å². The maximum Gasteiger partial charge on any atom is 0.251 e. The van der Waals surface area contributed by atoms with Crippen LogP contribution in [0, 0.1) is 6.92 Å². The number of pyridine rings is 1. The molecule has 0 saturated heterocycles. The van der Waals surface area contributed by atoms with Crippen LogP contribution in [0.2, 0.25) is 0 Å². The summed E-state index contributed by atoms with van der Waals surface area (Å²) in [5, 5.41) is 16.4. The maximum absolute atomic E-state index is 12.7. The van der Waals surface area contributed by atoms with Gasteiger partial charge in [0.15, 0.2) is 0 Å². The molecule has 0 saturated carbocycles. The summed E-state index contributed by atoms with van der Waals surface area (Å²) in [5.41, 5.74) is 5.10. The molecule has 0 unspecified atom stereocenters. The third-order valence-corrected chi connectivity index (χ3v) is 4.37. The van der Waals surface area contributed by atoms with Crippen LogP contribution < -0.4 is 5.32 Å². The number of amides is 1. The molecule has 2 aromatic heterocycles. The highest BCUT2D eigenvalue weighted by Crippen LogP contribution is 2.27. The second-order valence-corrected chi connectivity index (χ2v) is 6.61. The molecular formula is C21H24N4O2. The van der Waals surface area contributed by atoms with Gasteiger partial charge in [0.05, 0.1) is 18.0 Å². The van der Waals surface area contributed by atoms with E-state index in [1.807, 2.05) is 61.1 Å². The van der Waals surface area contributed by atoms with Crippen molar-refractivity contribution in [2.75, 3.05) is 6.61 Å². The smallest absolute Gasteiger partial charge is 0.251 e. The van der Waals surface area contributed by atoms with Crippen LogP contribution in [0.3, 0.4) is 0 Å². The minimum Gasteiger partial charge on any atom is -0.394 e. The summed E-state index contributed by atoms with van der Waals surface area (Å²) < 4.78 is 1.89. The van der Waals surface area contributed by atoms with Crippen molar-refractivity contribution in [1.29, 1.82) is 0 Å². The molecule has 0 aliphatic carbocycles. The van der Waals surface area contributed by atoms with Crippen molar-refractivity contribution in [3.63, 3.8) is 0 Å². The third-order valence-electron chi connectivity index (χ3n) is 4.37. The third kappa shape index (κ3) is 4.23. The van der Waals surface area contributed by atoms with E-state index in [9.17, 15) is 9.90 Å². The minimum atomic E-state index is -0.316. The first-order valence-electron chi connectivity index (χ1n) is 9.03. The molecule has 27 heavy (non-hydrogen) atoms. The monoisotopic (exact) mass is 364 g/mol. The van der Waals surface area contributed by atoms with Gasteiger partial charge in [-0.25, -0.2) is 0 Å². The molecule has 0 radical (unpaired) electrons. The molecule has 0 spiro atoms. The molecule has 140 valence electrons. The van der Waals surface area contributed by atoms with Crippen LogP contribution in [0.25, 0.3) is 22.5 Å². The summed E-state index contributed by atoms with van der Waals surface area (Å²) in [6.45, 7) is 6.40. The quantitative estimate of drug-likeness (QED) is 0.704. The number of nitrogens with one attached hydrogen (secondary N) is 1. The lowest BCUT2D eigenvalue weighted by Crippen LogP contribution is -2.35. The molecule has 0 aliphatic heterocycles. The summed E-state index contributed by atoms with van der Waals surface area (Å²) in [6.07, 6.45) is 3.56. The first kappa shape index (κ1) is 18.8. The Bertz CT molecular complexity index is 932. The van der Waals surface area contributed by atoms with Gasteiger partial charge in [-0.1, -0.05) is 6.07 Å². The summed E-state index contributed by atoms with van der Waals surface area (Å²) in [6, 6.07) is 11.3. The largest absolute Gasteiger partial charge is 0.394 e. The van der Waals surface area contributed by atoms with E-state index in [0.29, 0.717) is 5.56 Å². The van der Waals surface area contributed by atoms with E-state index in [4.69, 9.17) is 0 Å². The van der Waals surface area contributed by atoms with Crippen LogP contribution in [-0.2, 0) is 6.54 Å². The Hall–Kier alpha value is -2.99. The Labute approximate surface area is 158 Å². The zero-order valence-electron chi connectivity index (χ0n) is 15.8. The van der Waals surface area contributed by atoms with E-state index in [1.165, 1.54) is 0 Å². The zero-order chi connectivity index (χ0) is 19.4. The molecule has 2 N–H and O–H groups in total. The number of nitrogens with zero attached hydrogens (tertiary/aromatic N) is 3. The zero-order valence-corrected chi connectivity index (χ0v) is 15.8. The molecule has 2 heterocycles. The highest BCUT2D eigenvalue weighted by Gasteiger charge is 2.15. The number of aromatic nitrogens is 3. The number of hydrogen-bond donors (Lipinski definition) is 2. The van der Waals surface area contributed by atoms with Crippen LogP contribution >= 0.6 is 0 Å². The Balaban J connectivity index is 2.10. The molecule has 1 aromatic carbocycles. The second-order valence-electron chi connectivity index (χ2n) is 6.61. The number of aryl methyl sites for hydroxylation is 2. The van der Waals surface area contributed by atoms with Crippen molar-refractivity contribution in [2.24, 2.45) is 0 Å². The SMILES string of the molecule is CCn1nccc1-c1cc(C(=O)N[C@@H](C)CO)cc(-c2ccc(C)cn2)c1. The fourth-order valence-electron chi connectivity index (χ4n) is 2.88. The fourth-order valence-corrected chi connectivity index (χ4v) is 2.88. The predicted molar refractivity (Wildman–Crippen MR) is 105 cm³/mol. The first-order chi connectivity index (χ1) is 13.0. The molecule has 0 fully saturated rings. The van der Waals surface area contributed by atoms with E-state index < -0.39 is 0 Å². The highest BCUT2D eigenvalue weighted by atomic mass is 16.3. The number of hydrogen-bond acceptors (Lipinski definition) is 4. The topological polar surface area (TPSA) is 80.0 Å². The van der Waals surface area contributed by atoms with Crippen LogP contribution in [0.1, 0.15) is 29.8 Å². The average molecular weight is 364 g/mol. The van der Waals surface area contributed by atoms with Gasteiger partial charge in [-0.05, 0) is 56.7 Å². The summed E-state index contributed by atoms with van der Waals surface area (Å²) in [5.74, 6) is -0.227. The minimum absolute atomic E-state index is 0.111. The van der Waals surface area contributed by atoms with Crippen molar-refractivity contribution in [1.82, 2.24) is 20.1 Å². The van der Waals surface area contributed by atoms with Gasteiger partial charge in [0.25, 0.3) is 5.91 Å². The lowest BCUT2D eigenvalue weighted by molar-refractivity contribution is 0.0922. The highest BCUT2D eigenvalue weighted by molar-refractivity contribution is 5.97. The number of carbonyl (C=O) groups excluding carboxylic acids is 1. The first-order valence-corrected chi connectivity index (χ1v) is 9.03. The molecule has 6 nitrogen and oxygen atoms in total. The van der Waals surface area contributed by atoms with Gasteiger partial charge in [0.1, 0.15) is 0 Å². The van der Waals surface area contributed by atoms with Crippen LogP contribution in [0.5, 0.6) is 0 Å². The lowest BCUT2D eigenvalue weighted by Gasteiger charge is -2.14. The van der Waals surface area contributed by atoms with E-state index in [-0.39, 0.29) is 18.6 Å². The van der Waals surface area contributed by atoms with Gasteiger partial charge in [-0.15, -0.1) is 0 Å². The van der Waals surface area contributed by atoms with E-state index in [1.54, 1.807) is 13.1 Å². The molecule has 3 rings (SSSR count).